The molecule has 0 saturated carbocycles. The van der Waals surface area contributed by atoms with Crippen molar-refractivity contribution in [3.05, 3.63) is 59.7 Å². The third kappa shape index (κ3) is 1.82. The van der Waals surface area contributed by atoms with Crippen LogP contribution in [0, 0.1) is 0 Å². The van der Waals surface area contributed by atoms with E-state index in [0.717, 1.165) is 12.0 Å². The number of rotatable bonds is 2. The lowest BCUT2D eigenvalue weighted by molar-refractivity contribution is -0.141. The molecule has 2 aliphatic rings. The Kier molecular flexibility index (Phi) is 2.82. The number of benzene rings is 1. The topological polar surface area (TPSA) is 37.4 Å². The summed E-state index contributed by atoms with van der Waals surface area (Å²) in [5.74, 6) is -0.728. The number of allylic oxidation sites excluding steroid dienone is 2. The van der Waals surface area contributed by atoms with Gasteiger partial charge in [0.05, 0.1) is 12.1 Å². The van der Waals surface area contributed by atoms with Crippen LogP contribution in [-0.2, 0) is 9.59 Å². The Bertz CT molecular complexity index is 586. The van der Waals surface area contributed by atoms with Crippen molar-refractivity contribution in [2.24, 2.45) is 0 Å². The van der Waals surface area contributed by atoms with Gasteiger partial charge >= 0.3 is 0 Å². The quantitative estimate of drug-likeness (QED) is 0.759. The van der Waals surface area contributed by atoms with Gasteiger partial charge in [-0.15, -0.1) is 0 Å². The zero-order valence-corrected chi connectivity index (χ0v) is 10.7. The minimum Gasteiger partial charge on any atom is -0.322 e. The van der Waals surface area contributed by atoms with Crippen LogP contribution < -0.4 is 0 Å². The van der Waals surface area contributed by atoms with E-state index in [9.17, 15) is 9.59 Å². The zero-order valence-electron chi connectivity index (χ0n) is 10.7. The smallest absolute Gasteiger partial charge is 0.295 e. The first-order valence-corrected chi connectivity index (χ1v) is 6.49. The molecule has 3 heteroatoms. The molecule has 2 atom stereocenters. The lowest BCUT2D eigenvalue weighted by Gasteiger charge is -2.30. The molecule has 1 saturated heterocycles. The summed E-state index contributed by atoms with van der Waals surface area (Å²) in [7, 11) is 0. The molecule has 0 radical (unpaired) electrons. The first-order valence-electron chi connectivity index (χ1n) is 6.49. The molecule has 0 N–H and O–H groups in total. The number of carbonyl (C=O) groups excluding carboxylic acids is 2. The van der Waals surface area contributed by atoms with E-state index in [4.69, 9.17) is 0 Å². The van der Waals surface area contributed by atoms with Gasteiger partial charge in [-0.25, -0.2) is 0 Å². The van der Waals surface area contributed by atoms with Crippen LogP contribution in [0.15, 0.2) is 54.1 Å². The predicted molar refractivity (Wildman–Crippen MR) is 72.3 cm³/mol. The molecule has 3 rings (SSSR count). The number of fused-ring (bicyclic) bond motifs is 1. The van der Waals surface area contributed by atoms with Crippen molar-refractivity contribution in [3.63, 3.8) is 0 Å². The molecule has 1 aliphatic heterocycles. The Balaban J connectivity index is 1.97. The summed E-state index contributed by atoms with van der Waals surface area (Å²) in [5.41, 5.74) is 1.69. The van der Waals surface area contributed by atoms with E-state index in [-0.39, 0.29) is 23.8 Å². The third-order valence-corrected chi connectivity index (χ3v) is 3.86. The van der Waals surface area contributed by atoms with E-state index in [1.54, 1.807) is 11.0 Å². The molecule has 1 amide bonds. The van der Waals surface area contributed by atoms with Gasteiger partial charge in [0.1, 0.15) is 0 Å². The Morgan fingerprint density at radius 1 is 1.21 bits per heavy atom. The summed E-state index contributed by atoms with van der Waals surface area (Å²) < 4.78 is 0. The molecular weight excluding hydrogens is 238 g/mol. The van der Waals surface area contributed by atoms with Crippen LogP contribution in [0.4, 0.5) is 0 Å². The van der Waals surface area contributed by atoms with Gasteiger partial charge in [-0.05, 0) is 18.9 Å². The Morgan fingerprint density at radius 3 is 2.68 bits per heavy atom. The van der Waals surface area contributed by atoms with E-state index < -0.39 is 0 Å². The van der Waals surface area contributed by atoms with Crippen molar-refractivity contribution >= 4 is 11.7 Å². The van der Waals surface area contributed by atoms with Crippen LogP contribution in [-0.4, -0.2) is 22.6 Å². The fraction of sp³-hybridized carbons (Fsp3) is 0.250. The summed E-state index contributed by atoms with van der Waals surface area (Å²) in [5, 5.41) is 0. The van der Waals surface area contributed by atoms with Gasteiger partial charge in [-0.3, -0.25) is 9.59 Å². The monoisotopic (exact) mass is 253 g/mol. The van der Waals surface area contributed by atoms with Crippen LogP contribution >= 0.6 is 0 Å². The van der Waals surface area contributed by atoms with Crippen LogP contribution in [0.1, 0.15) is 24.9 Å². The fourth-order valence-corrected chi connectivity index (χ4v) is 2.83. The highest BCUT2D eigenvalue weighted by Gasteiger charge is 2.44. The molecule has 1 aromatic rings. The highest BCUT2D eigenvalue weighted by Crippen LogP contribution is 2.34. The number of hydrogen-bond acceptors (Lipinski definition) is 2. The lowest BCUT2D eigenvalue weighted by atomic mass is 9.98. The number of hydrogen-bond donors (Lipinski definition) is 0. The highest BCUT2D eigenvalue weighted by atomic mass is 16.2. The second-order valence-electron chi connectivity index (χ2n) is 4.93. The van der Waals surface area contributed by atoms with Gasteiger partial charge in [0.15, 0.2) is 0 Å². The number of nitrogens with zero attached hydrogens (tertiary/aromatic N) is 1. The summed E-state index contributed by atoms with van der Waals surface area (Å²) in [6.45, 7) is 1.97. The maximum absolute atomic E-state index is 12.2. The van der Waals surface area contributed by atoms with Gasteiger partial charge in [-0.2, -0.15) is 0 Å². The van der Waals surface area contributed by atoms with Crippen LogP contribution in [0.2, 0.25) is 0 Å². The molecule has 1 fully saturated rings. The molecule has 2 unspecified atom stereocenters. The maximum atomic E-state index is 12.2. The van der Waals surface area contributed by atoms with Crippen molar-refractivity contribution < 1.29 is 9.59 Å². The van der Waals surface area contributed by atoms with Gasteiger partial charge < -0.3 is 4.90 Å². The predicted octanol–water partition coefficient (Wildman–Crippen LogP) is 2.41. The Hall–Kier alpha value is -2.16. The minimum absolute atomic E-state index is 0.0833. The highest BCUT2D eigenvalue weighted by molar-refractivity contribution is 6.45. The molecule has 1 aromatic carbocycles. The van der Waals surface area contributed by atoms with Gasteiger partial charge in [-0.1, -0.05) is 48.6 Å². The minimum atomic E-state index is -0.378. The molecule has 19 heavy (non-hydrogen) atoms. The molecule has 0 bridgehead atoms. The number of Topliss-reactive ketones (excluding diaryl/α,β-unsaturated/α-hetero) is 1. The van der Waals surface area contributed by atoms with Crippen molar-refractivity contribution in [1.29, 1.82) is 0 Å². The molecule has 1 aliphatic carbocycles. The van der Waals surface area contributed by atoms with Crippen LogP contribution in [0.5, 0.6) is 0 Å². The van der Waals surface area contributed by atoms with E-state index >= 15 is 0 Å². The first kappa shape index (κ1) is 11.9. The molecular formula is C16H15NO2. The molecule has 96 valence electrons. The average Bonchev–Trinajstić information content (AvgIpc) is 2.72. The van der Waals surface area contributed by atoms with Gasteiger partial charge in [0.2, 0.25) is 5.78 Å². The summed E-state index contributed by atoms with van der Waals surface area (Å²) in [6.07, 6.45) is 6.35. The molecule has 1 heterocycles. The van der Waals surface area contributed by atoms with E-state index in [0.29, 0.717) is 5.57 Å². The molecule has 0 aromatic heterocycles. The second kappa shape index (κ2) is 4.50. The average molecular weight is 253 g/mol. The number of amides is 1. The van der Waals surface area contributed by atoms with Crippen LogP contribution in [0.3, 0.4) is 0 Å². The van der Waals surface area contributed by atoms with E-state index in [1.165, 1.54) is 0 Å². The van der Waals surface area contributed by atoms with Gasteiger partial charge in [0.25, 0.3) is 5.91 Å². The fourth-order valence-electron chi connectivity index (χ4n) is 2.83. The van der Waals surface area contributed by atoms with E-state index in [2.05, 4.69) is 0 Å². The Labute approximate surface area is 112 Å². The normalized spacial score (nSPS) is 23.3. The van der Waals surface area contributed by atoms with Crippen LogP contribution in [0.25, 0.3) is 0 Å². The van der Waals surface area contributed by atoms with Gasteiger partial charge in [0, 0.05) is 5.57 Å². The third-order valence-electron chi connectivity index (χ3n) is 3.86. The summed E-state index contributed by atoms with van der Waals surface area (Å²) in [6, 6.07) is 9.64. The summed E-state index contributed by atoms with van der Waals surface area (Å²) in [4.78, 5) is 25.9. The maximum Gasteiger partial charge on any atom is 0.295 e. The van der Waals surface area contributed by atoms with Crippen molar-refractivity contribution in [1.82, 2.24) is 4.90 Å². The van der Waals surface area contributed by atoms with Crippen molar-refractivity contribution in [2.75, 3.05) is 0 Å². The zero-order chi connectivity index (χ0) is 13.4. The standard InChI is InChI=1S/C16H15NO2/c1-11(12-7-3-2-4-8-12)17-14-10-6-5-9-13(14)15(18)16(17)19/h2-9,11,14H,10H2,1H3. The molecule has 3 nitrogen and oxygen atoms in total. The molecule has 0 spiro atoms. The second-order valence-corrected chi connectivity index (χ2v) is 4.93. The SMILES string of the molecule is CC(c1ccccc1)N1C(=O)C(=O)C2=CC=CCC21. The van der Waals surface area contributed by atoms with E-state index in [1.807, 2.05) is 49.4 Å². The number of ketones is 1. The number of likely N-dealkylation sites (tertiary alicyclic amines) is 1. The van der Waals surface area contributed by atoms with Crippen molar-refractivity contribution in [3.8, 4) is 0 Å². The number of carbonyl (C=O) groups is 2. The van der Waals surface area contributed by atoms with Crippen molar-refractivity contribution in [2.45, 2.75) is 25.4 Å². The first-order chi connectivity index (χ1) is 9.20. The largest absolute Gasteiger partial charge is 0.322 e. The summed E-state index contributed by atoms with van der Waals surface area (Å²) >= 11 is 0. The Morgan fingerprint density at radius 2 is 1.95 bits per heavy atom. The lowest BCUT2D eigenvalue weighted by Crippen LogP contribution is -2.36.